The molecule has 0 radical (unpaired) electrons. The number of aromatic nitrogens is 2. The van der Waals surface area contributed by atoms with Crippen molar-refractivity contribution in [3.05, 3.63) is 42.6 Å². The highest BCUT2D eigenvalue weighted by molar-refractivity contribution is 8.01. The van der Waals surface area contributed by atoms with E-state index in [2.05, 4.69) is 53.9 Å². The molecular formula is C15H16N2S2Si. The fourth-order valence-electron chi connectivity index (χ4n) is 2.02. The monoisotopic (exact) mass is 316 g/mol. The zero-order chi connectivity index (χ0) is 14.2. The van der Waals surface area contributed by atoms with Gasteiger partial charge in [0.25, 0.3) is 0 Å². The fourth-order valence-corrected chi connectivity index (χ4v) is 6.37. The molecule has 0 unspecified atom stereocenters. The van der Waals surface area contributed by atoms with Crippen molar-refractivity contribution in [3.8, 4) is 0 Å². The van der Waals surface area contributed by atoms with E-state index in [0.29, 0.717) is 0 Å². The van der Waals surface area contributed by atoms with E-state index in [1.807, 2.05) is 18.3 Å². The summed E-state index contributed by atoms with van der Waals surface area (Å²) in [5.41, 5.74) is 1.07. The van der Waals surface area contributed by atoms with Crippen LogP contribution in [0.2, 0.25) is 19.6 Å². The fraction of sp³-hybridized carbons (Fsp3) is 0.200. The summed E-state index contributed by atoms with van der Waals surface area (Å²) in [7, 11) is -1.38. The van der Waals surface area contributed by atoms with Crippen LogP contribution in [0.3, 0.4) is 0 Å². The number of rotatable bonds is 3. The van der Waals surface area contributed by atoms with Crippen LogP contribution >= 0.6 is 23.1 Å². The van der Waals surface area contributed by atoms with E-state index in [9.17, 15) is 0 Å². The van der Waals surface area contributed by atoms with Gasteiger partial charge in [-0.3, -0.25) is 0 Å². The summed E-state index contributed by atoms with van der Waals surface area (Å²) in [6.07, 6.45) is 1.87. The SMILES string of the molecule is C[Si](C)(C)c1cccnc1Sc1nc2ccccc2s1. The van der Waals surface area contributed by atoms with E-state index >= 15 is 0 Å². The average Bonchev–Trinajstić information content (AvgIpc) is 2.80. The van der Waals surface area contributed by atoms with E-state index in [4.69, 9.17) is 0 Å². The lowest BCUT2D eigenvalue weighted by Crippen LogP contribution is -2.39. The Kier molecular flexibility index (Phi) is 3.66. The first-order chi connectivity index (χ1) is 9.54. The van der Waals surface area contributed by atoms with Gasteiger partial charge >= 0.3 is 0 Å². The maximum Gasteiger partial charge on any atom is 0.157 e. The first-order valence-corrected chi connectivity index (χ1v) is 11.7. The molecule has 0 amide bonds. The molecule has 3 aromatic rings. The highest BCUT2D eigenvalue weighted by Crippen LogP contribution is 2.33. The Labute approximate surface area is 128 Å². The number of para-hydroxylation sites is 1. The van der Waals surface area contributed by atoms with Crippen LogP contribution in [0.1, 0.15) is 0 Å². The minimum atomic E-state index is -1.38. The topological polar surface area (TPSA) is 25.8 Å². The summed E-state index contributed by atoms with van der Waals surface area (Å²) in [6, 6.07) is 12.5. The summed E-state index contributed by atoms with van der Waals surface area (Å²) in [5, 5.41) is 2.52. The first-order valence-electron chi connectivity index (χ1n) is 6.53. The zero-order valence-electron chi connectivity index (χ0n) is 11.8. The van der Waals surface area contributed by atoms with E-state index in [1.54, 1.807) is 23.1 Å². The summed E-state index contributed by atoms with van der Waals surface area (Å²) in [4.78, 5) is 9.26. The van der Waals surface area contributed by atoms with E-state index in [1.165, 1.54) is 9.89 Å². The van der Waals surface area contributed by atoms with Crippen LogP contribution < -0.4 is 5.19 Å². The van der Waals surface area contributed by atoms with Crippen molar-refractivity contribution in [3.63, 3.8) is 0 Å². The van der Waals surface area contributed by atoms with E-state index in [0.717, 1.165) is 14.9 Å². The van der Waals surface area contributed by atoms with Crippen LogP contribution in [0.15, 0.2) is 52.0 Å². The lowest BCUT2D eigenvalue weighted by molar-refractivity contribution is 1.15. The molecule has 1 aromatic carbocycles. The molecule has 0 spiro atoms. The number of hydrogen-bond donors (Lipinski definition) is 0. The van der Waals surface area contributed by atoms with Crippen LogP contribution in [-0.4, -0.2) is 18.0 Å². The minimum Gasteiger partial charge on any atom is -0.250 e. The molecule has 0 atom stereocenters. The Balaban J connectivity index is 1.99. The highest BCUT2D eigenvalue weighted by atomic mass is 32.2. The summed E-state index contributed by atoms with van der Waals surface area (Å²) < 4.78 is 2.31. The quantitative estimate of drug-likeness (QED) is 0.670. The molecule has 3 rings (SSSR count). The molecule has 0 fully saturated rings. The smallest absolute Gasteiger partial charge is 0.157 e. The molecule has 2 heterocycles. The second-order valence-corrected chi connectivity index (χ2v) is 13.0. The predicted molar refractivity (Wildman–Crippen MR) is 91.0 cm³/mol. The van der Waals surface area contributed by atoms with E-state index < -0.39 is 8.07 Å². The van der Waals surface area contributed by atoms with Crippen LogP contribution in [-0.2, 0) is 0 Å². The van der Waals surface area contributed by atoms with Gasteiger partial charge in [-0.1, -0.05) is 37.8 Å². The van der Waals surface area contributed by atoms with Gasteiger partial charge < -0.3 is 0 Å². The van der Waals surface area contributed by atoms with Gasteiger partial charge in [0.15, 0.2) is 4.34 Å². The second-order valence-electron chi connectivity index (χ2n) is 5.66. The van der Waals surface area contributed by atoms with Gasteiger partial charge in [0.1, 0.15) is 5.03 Å². The van der Waals surface area contributed by atoms with Crippen molar-refractivity contribution in [2.24, 2.45) is 0 Å². The molecule has 0 saturated carbocycles. The number of nitrogens with zero attached hydrogens (tertiary/aromatic N) is 2. The highest BCUT2D eigenvalue weighted by Gasteiger charge is 2.22. The third-order valence-corrected chi connectivity index (χ3v) is 7.35. The van der Waals surface area contributed by atoms with Gasteiger partial charge in [-0.25, -0.2) is 9.97 Å². The first kappa shape index (κ1) is 13.8. The Morgan fingerprint density at radius 1 is 1.05 bits per heavy atom. The van der Waals surface area contributed by atoms with Crippen LogP contribution in [0.25, 0.3) is 10.2 Å². The number of thiazole rings is 1. The normalized spacial score (nSPS) is 11.9. The van der Waals surface area contributed by atoms with Crippen LogP contribution in [0.5, 0.6) is 0 Å². The molecule has 2 aromatic heterocycles. The third kappa shape index (κ3) is 2.80. The van der Waals surface area contributed by atoms with Crippen LogP contribution in [0.4, 0.5) is 0 Å². The molecule has 102 valence electrons. The number of benzene rings is 1. The van der Waals surface area contributed by atoms with Gasteiger partial charge in [-0.05, 0) is 35.1 Å². The third-order valence-electron chi connectivity index (χ3n) is 3.04. The van der Waals surface area contributed by atoms with Gasteiger partial charge in [0, 0.05) is 6.20 Å². The van der Waals surface area contributed by atoms with Crippen LogP contribution in [0, 0.1) is 0 Å². The maximum absolute atomic E-state index is 4.69. The molecule has 0 N–H and O–H groups in total. The Hall–Kier alpha value is -1.17. The molecule has 0 aliphatic carbocycles. The van der Waals surface area contributed by atoms with Gasteiger partial charge in [0.05, 0.1) is 18.3 Å². The molecular weight excluding hydrogens is 300 g/mol. The lowest BCUT2D eigenvalue weighted by Gasteiger charge is -2.18. The Morgan fingerprint density at radius 3 is 2.60 bits per heavy atom. The summed E-state index contributed by atoms with van der Waals surface area (Å²) >= 11 is 3.44. The Bertz CT molecular complexity index is 714. The van der Waals surface area contributed by atoms with Crippen molar-refractivity contribution in [2.45, 2.75) is 29.0 Å². The number of hydrogen-bond acceptors (Lipinski definition) is 4. The molecule has 0 saturated heterocycles. The summed E-state index contributed by atoms with van der Waals surface area (Å²) in [5.74, 6) is 0. The van der Waals surface area contributed by atoms with Gasteiger partial charge in [-0.2, -0.15) is 0 Å². The molecule has 0 aliphatic heterocycles. The zero-order valence-corrected chi connectivity index (χ0v) is 14.4. The van der Waals surface area contributed by atoms with Crippen molar-refractivity contribution in [2.75, 3.05) is 0 Å². The Morgan fingerprint density at radius 2 is 1.85 bits per heavy atom. The van der Waals surface area contributed by atoms with Crippen molar-refractivity contribution in [1.82, 2.24) is 9.97 Å². The molecule has 0 bridgehead atoms. The predicted octanol–water partition coefficient (Wildman–Crippen LogP) is 4.39. The van der Waals surface area contributed by atoms with E-state index in [-0.39, 0.29) is 0 Å². The van der Waals surface area contributed by atoms with Gasteiger partial charge in [-0.15, -0.1) is 11.3 Å². The maximum atomic E-state index is 4.69. The summed E-state index contributed by atoms with van der Waals surface area (Å²) in [6.45, 7) is 7.06. The minimum absolute atomic E-state index is 1.07. The van der Waals surface area contributed by atoms with Crippen molar-refractivity contribution >= 4 is 46.6 Å². The number of fused-ring (bicyclic) bond motifs is 1. The molecule has 2 nitrogen and oxygen atoms in total. The van der Waals surface area contributed by atoms with Crippen molar-refractivity contribution < 1.29 is 0 Å². The molecule has 0 aliphatic rings. The second kappa shape index (κ2) is 5.31. The van der Waals surface area contributed by atoms with Crippen molar-refractivity contribution in [1.29, 1.82) is 0 Å². The lowest BCUT2D eigenvalue weighted by atomic mass is 10.3. The molecule has 20 heavy (non-hydrogen) atoms. The number of pyridine rings is 1. The molecule has 5 heteroatoms. The average molecular weight is 317 g/mol. The van der Waals surface area contributed by atoms with Gasteiger partial charge in [0.2, 0.25) is 0 Å². The largest absolute Gasteiger partial charge is 0.250 e. The standard InChI is InChI=1S/C15H16N2S2Si/c1-20(2,3)13-9-6-10-16-14(13)19-15-17-11-7-4-5-8-12(11)18-15/h4-10H,1-3H3.